The summed E-state index contributed by atoms with van der Waals surface area (Å²) in [5.41, 5.74) is 1.09. The van der Waals surface area contributed by atoms with Gasteiger partial charge in [-0.05, 0) is 46.5 Å². The van der Waals surface area contributed by atoms with Crippen molar-refractivity contribution in [3.8, 4) is 11.5 Å². The number of rotatable bonds is 7. The van der Waals surface area contributed by atoms with Crippen LogP contribution in [0.3, 0.4) is 0 Å². The fraction of sp³-hybridized carbons (Fsp3) is 0.300. The van der Waals surface area contributed by atoms with Crippen molar-refractivity contribution in [1.82, 2.24) is 5.32 Å². The molecule has 148 valence electrons. The van der Waals surface area contributed by atoms with Crippen LogP contribution in [0.2, 0.25) is 0 Å². The maximum Gasteiger partial charge on any atom is 0.251 e. The van der Waals surface area contributed by atoms with E-state index in [4.69, 9.17) is 9.47 Å². The van der Waals surface area contributed by atoms with Crippen molar-refractivity contribution >= 4 is 45.2 Å². The molecule has 0 aromatic heterocycles. The summed E-state index contributed by atoms with van der Waals surface area (Å²) in [7, 11) is 0. The van der Waals surface area contributed by atoms with Crippen LogP contribution in [0.4, 0.5) is 5.69 Å². The van der Waals surface area contributed by atoms with Crippen molar-refractivity contribution in [2.24, 2.45) is 0 Å². The van der Waals surface area contributed by atoms with Crippen LogP contribution in [-0.4, -0.2) is 43.1 Å². The van der Waals surface area contributed by atoms with E-state index in [1.165, 1.54) is 0 Å². The summed E-state index contributed by atoms with van der Waals surface area (Å²) in [6.45, 7) is 0.957. The standard InChI is InChI=1S/C20H21BrN2O4S/c1-28-10-7-15(22-19(24)13-5-3-2-4-6-13)20(25)23-16-12-18-17(11-14(16)21)26-8-9-27-18/h2-6,11-12,15H,7-10H2,1H3,(H,22,24)(H,23,25). The van der Waals surface area contributed by atoms with Gasteiger partial charge in [0.1, 0.15) is 19.3 Å². The van der Waals surface area contributed by atoms with Crippen LogP contribution in [-0.2, 0) is 4.79 Å². The number of thioether (sulfide) groups is 1. The summed E-state index contributed by atoms with van der Waals surface area (Å²) in [5.74, 6) is 1.40. The first-order valence-corrected chi connectivity index (χ1v) is 11.0. The van der Waals surface area contributed by atoms with E-state index in [9.17, 15) is 9.59 Å². The van der Waals surface area contributed by atoms with E-state index in [-0.39, 0.29) is 11.8 Å². The number of halogens is 1. The molecule has 1 aliphatic rings. The molecule has 28 heavy (non-hydrogen) atoms. The molecule has 0 aliphatic carbocycles. The summed E-state index contributed by atoms with van der Waals surface area (Å²) in [6, 6.07) is 11.7. The van der Waals surface area contributed by atoms with E-state index < -0.39 is 6.04 Å². The third-order valence-corrected chi connectivity index (χ3v) is 5.46. The summed E-state index contributed by atoms with van der Waals surface area (Å²) in [4.78, 5) is 25.4. The predicted molar refractivity (Wildman–Crippen MR) is 114 cm³/mol. The van der Waals surface area contributed by atoms with Crippen molar-refractivity contribution in [2.45, 2.75) is 12.5 Å². The molecule has 0 saturated carbocycles. The molecule has 0 fully saturated rings. The van der Waals surface area contributed by atoms with E-state index in [0.29, 0.717) is 46.9 Å². The van der Waals surface area contributed by atoms with Crippen LogP contribution in [0.15, 0.2) is 46.9 Å². The first kappa shape index (κ1) is 20.5. The minimum atomic E-state index is -0.653. The molecule has 2 N–H and O–H groups in total. The summed E-state index contributed by atoms with van der Waals surface area (Å²) in [6.07, 6.45) is 2.49. The lowest BCUT2D eigenvalue weighted by Gasteiger charge is -2.22. The summed E-state index contributed by atoms with van der Waals surface area (Å²) in [5, 5.41) is 5.72. The van der Waals surface area contributed by atoms with Crippen LogP contribution in [0.5, 0.6) is 11.5 Å². The van der Waals surface area contributed by atoms with E-state index >= 15 is 0 Å². The smallest absolute Gasteiger partial charge is 0.251 e. The molecule has 3 rings (SSSR count). The van der Waals surface area contributed by atoms with Gasteiger partial charge < -0.3 is 20.1 Å². The zero-order valence-electron chi connectivity index (χ0n) is 15.4. The molecule has 0 radical (unpaired) electrons. The Labute approximate surface area is 176 Å². The first-order valence-electron chi connectivity index (χ1n) is 8.83. The van der Waals surface area contributed by atoms with Crippen LogP contribution < -0.4 is 20.1 Å². The molecule has 8 heteroatoms. The Morgan fingerprint density at radius 1 is 1.14 bits per heavy atom. The van der Waals surface area contributed by atoms with Crippen LogP contribution >= 0.6 is 27.7 Å². The normalized spacial score (nSPS) is 13.5. The van der Waals surface area contributed by atoms with E-state index in [1.54, 1.807) is 48.2 Å². The molecular weight excluding hydrogens is 444 g/mol. The average molecular weight is 465 g/mol. The van der Waals surface area contributed by atoms with E-state index in [0.717, 1.165) is 5.75 Å². The summed E-state index contributed by atoms with van der Waals surface area (Å²) >= 11 is 5.07. The van der Waals surface area contributed by atoms with Crippen LogP contribution in [0.25, 0.3) is 0 Å². The number of hydrogen-bond donors (Lipinski definition) is 2. The molecule has 2 aromatic carbocycles. The van der Waals surface area contributed by atoms with Gasteiger partial charge in [0, 0.05) is 22.2 Å². The molecule has 1 unspecified atom stereocenters. The Morgan fingerprint density at radius 3 is 2.50 bits per heavy atom. The fourth-order valence-corrected chi connectivity index (χ4v) is 3.61. The Bertz CT molecular complexity index is 848. The maximum absolute atomic E-state index is 12.9. The van der Waals surface area contributed by atoms with Gasteiger partial charge in [0.15, 0.2) is 11.5 Å². The maximum atomic E-state index is 12.9. The van der Waals surface area contributed by atoms with Crippen LogP contribution in [0, 0.1) is 0 Å². The van der Waals surface area contributed by atoms with Gasteiger partial charge in [-0.15, -0.1) is 0 Å². The van der Waals surface area contributed by atoms with Crippen molar-refractivity contribution in [3.63, 3.8) is 0 Å². The Morgan fingerprint density at radius 2 is 1.82 bits per heavy atom. The molecule has 1 heterocycles. The molecule has 2 aromatic rings. The largest absolute Gasteiger partial charge is 0.486 e. The lowest BCUT2D eigenvalue weighted by Crippen LogP contribution is -2.44. The second-order valence-electron chi connectivity index (χ2n) is 6.14. The molecule has 1 atom stereocenters. The third-order valence-electron chi connectivity index (χ3n) is 4.16. The minimum absolute atomic E-state index is 0.275. The number of ether oxygens (including phenoxy) is 2. The number of fused-ring (bicyclic) bond motifs is 1. The van der Waals surface area contributed by atoms with Crippen LogP contribution in [0.1, 0.15) is 16.8 Å². The lowest BCUT2D eigenvalue weighted by molar-refractivity contribution is -0.118. The number of benzene rings is 2. The monoisotopic (exact) mass is 464 g/mol. The van der Waals surface area contributed by atoms with Crippen molar-refractivity contribution < 1.29 is 19.1 Å². The topological polar surface area (TPSA) is 76.7 Å². The number of anilines is 1. The number of amides is 2. The molecule has 0 saturated heterocycles. The highest BCUT2D eigenvalue weighted by Crippen LogP contribution is 2.38. The highest BCUT2D eigenvalue weighted by atomic mass is 79.9. The predicted octanol–water partition coefficient (Wildman–Crippen LogP) is 3.71. The molecular formula is C20H21BrN2O4S. The number of carbonyl (C=O) groups excluding carboxylic acids is 2. The Kier molecular flexibility index (Phi) is 7.22. The van der Waals surface area contributed by atoms with Crippen molar-refractivity contribution in [3.05, 3.63) is 52.5 Å². The molecule has 2 amide bonds. The fourth-order valence-electron chi connectivity index (χ4n) is 2.72. The van der Waals surface area contributed by atoms with Gasteiger partial charge in [0.05, 0.1) is 5.69 Å². The van der Waals surface area contributed by atoms with Gasteiger partial charge in [-0.2, -0.15) is 11.8 Å². The number of nitrogens with one attached hydrogen (secondary N) is 2. The SMILES string of the molecule is CSCCC(NC(=O)c1ccccc1)C(=O)Nc1cc2c(cc1Br)OCCO2. The third kappa shape index (κ3) is 5.20. The van der Waals surface area contributed by atoms with E-state index in [1.807, 2.05) is 12.3 Å². The highest BCUT2D eigenvalue weighted by molar-refractivity contribution is 9.10. The quantitative estimate of drug-likeness (QED) is 0.652. The average Bonchev–Trinajstić information content (AvgIpc) is 2.72. The van der Waals surface area contributed by atoms with Gasteiger partial charge in [-0.25, -0.2) is 0 Å². The zero-order valence-corrected chi connectivity index (χ0v) is 17.8. The number of hydrogen-bond acceptors (Lipinski definition) is 5. The van der Waals surface area contributed by atoms with Gasteiger partial charge in [0.25, 0.3) is 5.91 Å². The van der Waals surface area contributed by atoms with E-state index in [2.05, 4.69) is 26.6 Å². The van der Waals surface area contributed by atoms with Gasteiger partial charge >= 0.3 is 0 Å². The highest BCUT2D eigenvalue weighted by Gasteiger charge is 2.23. The molecule has 0 bridgehead atoms. The first-order chi connectivity index (χ1) is 13.6. The van der Waals surface area contributed by atoms with Gasteiger partial charge in [-0.3, -0.25) is 9.59 Å². The molecule has 0 spiro atoms. The van der Waals surface area contributed by atoms with Crippen molar-refractivity contribution in [2.75, 3.05) is 30.5 Å². The lowest BCUT2D eigenvalue weighted by atomic mass is 10.1. The number of carbonyl (C=O) groups is 2. The Balaban J connectivity index is 1.73. The molecule has 1 aliphatic heterocycles. The second-order valence-corrected chi connectivity index (χ2v) is 7.98. The van der Waals surface area contributed by atoms with Crippen molar-refractivity contribution in [1.29, 1.82) is 0 Å². The van der Waals surface area contributed by atoms with Gasteiger partial charge in [-0.1, -0.05) is 18.2 Å². The summed E-state index contributed by atoms with van der Waals surface area (Å²) < 4.78 is 11.8. The second kappa shape index (κ2) is 9.84. The zero-order chi connectivity index (χ0) is 19.9. The minimum Gasteiger partial charge on any atom is -0.486 e. The van der Waals surface area contributed by atoms with Gasteiger partial charge in [0.2, 0.25) is 5.91 Å². The Hall–Kier alpha value is -2.19. The molecule has 6 nitrogen and oxygen atoms in total.